The van der Waals surface area contributed by atoms with E-state index >= 15 is 0 Å². The van der Waals surface area contributed by atoms with Gasteiger partial charge >= 0.3 is 0 Å². The van der Waals surface area contributed by atoms with Gasteiger partial charge in [0.1, 0.15) is 5.75 Å². The number of hydrogen-bond donors (Lipinski definition) is 3. The molecule has 0 atom stereocenters. The average molecular weight is 463 g/mol. The molecule has 1 aromatic heterocycles. The second-order valence-corrected chi connectivity index (χ2v) is 6.46. The molecule has 0 saturated carbocycles. The predicted molar refractivity (Wildman–Crippen MR) is 95.8 cm³/mol. The molecule has 0 fully saturated rings. The van der Waals surface area contributed by atoms with E-state index in [1.54, 1.807) is 0 Å². The van der Waals surface area contributed by atoms with Crippen LogP contribution in [0.2, 0.25) is 0 Å². The van der Waals surface area contributed by atoms with Crippen molar-refractivity contribution in [1.29, 1.82) is 0 Å². The Morgan fingerprint density at radius 2 is 2.00 bits per heavy atom. The van der Waals surface area contributed by atoms with Crippen molar-refractivity contribution in [3.63, 3.8) is 0 Å². The number of rotatable bonds is 8. The van der Waals surface area contributed by atoms with Crippen LogP contribution in [0.25, 0.3) is 0 Å². The number of aromatic nitrogens is 2. The van der Waals surface area contributed by atoms with Crippen LogP contribution in [-0.2, 0) is 6.54 Å². The van der Waals surface area contributed by atoms with Gasteiger partial charge in [0.05, 0.1) is 15.6 Å². The Labute approximate surface area is 155 Å². The van der Waals surface area contributed by atoms with Crippen LogP contribution in [0.5, 0.6) is 5.75 Å². The monoisotopic (exact) mass is 461 g/mol. The lowest BCUT2D eigenvalue weighted by molar-refractivity contribution is 0.0944. The highest BCUT2D eigenvalue weighted by Crippen LogP contribution is 2.34. The largest absolute Gasteiger partial charge is 0.492 e. The van der Waals surface area contributed by atoms with Crippen molar-refractivity contribution in [2.45, 2.75) is 13.5 Å². The van der Waals surface area contributed by atoms with Gasteiger partial charge < -0.3 is 21.1 Å². The molecule has 0 unspecified atom stereocenters. The van der Waals surface area contributed by atoms with Crippen LogP contribution in [0.3, 0.4) is 0 Å². The van der Waals surface area contributed by atoms with Crippen molar-refractivity contribution in [1.82, 2.24) is 20.9 Å². The molecule has 1 aromatic carbocycles. The number of anilines is 1. The highest BCUT2D eigenvalue weighted by molar-refractivity contribution is 9.11. The number of nitrogens with one attached hydrogen (secondary N) is 2. The second-order valence-electron chi connectivity index (χ2n) is 4.75. The van der Waals surface area contributed by atoms with Crippen LogP contribution in [0, 0.1) is 0 Å². The number of carbonyl (C=O) groups is 1. The summed E-state index contributed by atoms with van der Waals surface area (Å²) in [6.07, 6.45) is 0. The number of nitrogen functional groups attached to an aromatic ring is 1. The van der Waals surface area contributed by atoms with E-state index in [2.05, 4.69) is 57.4 Å². The fraction of sp³-hybridized carbons (Fsp3) is 0.357. The smallest absolute Gasteiger partial charge is 0.277 e. The van der Waals surface area contributed by atoms with Gasteiger partial charge in [-0.15, -0.1) is 0 Å². The Kier molecular flexibility index (Phi) is 7.00. The van der Waals surface area contributed by atoms with Gasteiger partial charge in [0.25, 0.3) is 5.91 Å². The van der Waals surface area contributed by atoms with Gasteiger partial charge in [-0.25, -0.2) is 4.63 Å². The van der Waals surface area contributed by atoms with Crippen molar-refractivity contribution < 1.29 is 14.2 Å². The van der Waals surface area contributed by atoms with Crippen molar-refractivity contribution in [3.05, 3.63) is 32.3 Å². The molecule has 0 aliphatic rings. The van der Waals surface area contributed by atoms with E-state index in [1.165, 1.54) is 0 Å². The van der Waals surface area contributed by atoms with Crippen molar-refractivity contribution in [2.24, 2.45) is 0 Å². The van der Waals surface area contributed by atoms with Gasteiger partial charge in [-0.05, 0) is 66.8 Å². The average Bonchev–Trinajstić information content (AvgIpc) is 2.96. The van der Waals surface area contributed by atoms with Gasteiger partial charge in [-0.1, -0.05) is 0 Å². The lowest BCUT2D eigenvalue weighted by Crippen LogP contribution is -2.32. The maximum Gasteiger partial charge on any atom is 0.277 e. The van der Waals surface area contributed by atoms with E-state index in [0.29, 0.717) is 26.2 Å². The van der Waals surface area contributed by atoms with Crippen molar-refractivity contribution in [3.8, 4) is 5.75 Å². The maximum atomic E-state index is 11.7. The van der Waals surface area contributed by atoms with Crippen LogP contribution in [0.1, 0.15) is 23.0 Å². The van der Waals surface area contributed by atoms with E-state index in [9.17, 15) is 4.79 Å². The molecule has 10 heteroatoms. The molecule has 4 N–H and O–H groups in total. The lowest BCUT2D eigenvalue weighted by Gasteiger charge is -2.11. The first kappa shape index (κ1) is 18.7. The standard InChI is InChI=1S/C14H17Br2N5O3/c1-2-23-12-9(15)5-8(6-10(12)16)7-18-3-4-19-14(22)11-13(17)21-24-20-11/h5-6,18H,2-4,7H2,1H3,(H2,17,21)(H,19,22). The summed E-state index contributed by atoms with van der Waals surface area (Å²) in [6.45, 7) is 4.18. The highest BCUT2D eigenvalue weighted by atomic mass is 79.9. The molecule has 24 heavy (non-hydrogen) atoms. The number of nitrogens with two attached hydrogens (primary N) is 1. The molecule has 0 saturated heterocycles. The first-order chi connectivity index (χ1) is 11.5. The normalized spacial score (nSPS) is 10.6. The minimum absolute atomic E-state index is 0.00521. The third-order valence-corrected chi connectivity index (χ3v) is 4.17. The maximum absolute atomic E-state index is 11.7. The quantitative estimate of drug-likeness (QED) is 0.514. The van der Waals surface area contributed by atoms with Crippen LogP contribution in [-0.4, -0.2) is 35.9 Å². The third kappa shape index (κ3) is 4.92. The molecular weight excluding hydrogens is 446 g/mol. The summed E-state index contributed by atoms with van der Waals surface area (Å²) in [5, 5.41) is 12.7. The van der Waals surface area contributed by atoms with Crippen LogP contribution < -0.4 is 21.1 Å². The summed E-state index contributed by atoms with van der Waals surface area (Å²) in [5.41, 5.74) is 6.52. The number of hydrogen-bond acceptors (Lipinski definition) is 7. The Morgan fingerprint density at radius 1 is 1.29 bits per heavy atom. The van der Waals surface area contributed by atoms with Crippen LogP contribution in [0.4, 0.5) is 5.82 Å². The first-order valence-corrected chi connectivity index (χ1v) is 8.79. The molecule has 130 valence electrons. The Hall–Kier alpha value is -1.65. The predicted octanol–water partition coefficient (Wildman–Crippen LogP) is 2.10. The summed E-state index contributed by atoms with van der Waals surface area (Å²) in [6, 6.07) is 3.98. The number of halogens is 2. The van der Waals surface area contributed by atoms with Gasteiger partial charge in [0.2, 0.25) is 11.5 Å². The van der Waals surface area contributed by atoms with E-state index in [-0.39, 0.29) is 11.5 Å². The first-order valence-electron chi connectivity index (χ1n) is 7.20. The Balaban J connectivity index is 1.76. The zero-order chi connectivity index (χ0) is 17.5. The molecule has 0 bridgehead atoms. The number of carbonyl (C=O) groups excluding carboxylic acids is 1. The minimum atomic E-state index is -0.415. The summed E-state index contributed by atoms with van der Waals surface area (Å²) < 4.78 is 11.7. The van der Waals surface area contributed by atoms with E-state index in [0.717, 1.165) is 20.3 Å². The molecule has 0 aliphatic heterocycles. The second kappa shape index (κ2) is 9.00. The zero-order valence-electron chi connectivity index (χ0n) is 12.9. The van der Waals surface area contributed by atoms with Gasteiger partial charge in [-0.3, -0.25) is 4.79 Å². The third-order valence-electron chi connectivity index (χ3n) is 2.99. The van der Waals surface area contributed by atoms with Crippen LogP contribution >= 0.6 is 31.9 Å². The molecule has 0 spiro atoms. The number of nitrogens with zero attached hydrogens (tertiary/aromatic N) is 2. The summed E-state index contributed by atoms with van der Waals surface area (Å²) in [4.78, 5) is 11.7. The molecule has 1 heterocycles. The van der Waals surface area contributed by atoms with Crippen molar-refractivity contribution >= 4 is 43.6 Å². The van der Waals surface area contributed by atoms with Gasteiger partial charge in [0, 0.05) is 19.6 Å². The Bertz CT molecular complexity index is 684. The SMILES string of the molecule is CCOc1c(Br)cc(CNCCNC(=O)c2nonc2N)cc1Br. The minimum Gasteiger partial charge on any atom is -0.492 e. The summed E-state index contributed by atoms with van der Waals surface area (Å²) in [7, 11) is 0. The fourth-order valence-corrected chi connectivity index (χ4v) is 3.44. The number of amides is 1. The van der Waals surface area contributed by atoms with E-state index in [1.807, 2.05) is 19.1 Å². The van der Waals surface area contributed by atoms with E-state index in [4.69, 9.17) is 10.5 Å². The van der Waals surface area contributed by atoms with Gasteiger partial charge in [0.15, 0.2) is 0 Å². The molecule has 0 radical (unpaired) electrons. The lowest BCUT2D eigenvalue weighted by atomic mass is 10.2. The summed E-state index contributed by atoms with van der Waals surface area (Å²) in [5.74, 6) is 0.346. The number of benzene rings is 1. The van der Waals surface area contributed by atoms with Crippen molar-refractivity contribution in [2.75, 3.05) is 25.4 Å². The zero-order valence-corrected chi connectivity index (χ0v) is 16.1. The molecule has 0 aliphatic carbocycles. The molecule has 1 amide bonds. The fourth-order valence-electron chi connectivity index (χ4n) is 1.93. The molecule has 2 aromatic rings. The molecular formula is C14H17Br2N5O3. The number of ether oxygens (including phenoxy) is 1. The van der Waals surface area contributed by atoms with Crippen LogP contribution in [0.15, 0.2) is 25.7 Å². The topological polar surface area (TPSA) is 115 Å². The van der Waals surface area contributed by atoms with Gasteiger partial charge in [-0.2, -0.15) is 0 Å². The summed E-state index contributed by atoms with van der Waals surface area (Å²) >= 11 is 6.99. The molecule has 2 rings (SSSR count). The Morgan fingerprint density at radius 3 is 2.58 bits per heavy atom. The van der Waals surface area contributed by atoms with E-state index < -0.39 is 5.91 Å². The highest BCUT2D eigenvalue weighted by Gasteiger charge is 2.15. The molecule has 8 nitrogen and oxygen atoms in total.